The molecule has 16 heavy (non-hydrogen) atoms. The lowest BCUT2D eigenvalue weighted by molar-refractivity contribution is 0.324. The molecule has 0 heterocycles. The molecule has 1 aromatic carbocycles. The molecule has 1 aromatic rings. The fourth-order valence-corrected chi connectivity index (χ4v) is 2.39. The first-order valence-electron chi connectivity index (χ1n) is 5.57. The van der Waals surface area contributed by atoms with Gasteiger partial charge >= 0.3 is 0 Å². The summed E-state index contributed by atoms with van der Waals surface area (Å²) in [5.41, 5.74) is 5.97. The van der Waals surface area contributed by atoms with Crippen LogP contribution in [0.3, 0.4) is 0 Å². The summed E-state index contributed by atoms with van der Waals surface area (Å²) in [6, 6.07) is 4.86. The second-order valence-electron chi connectivity index (χ2n) is 3.57. The van der Waals surface area contributed by atoms with Crippen molar-refractivity contribution >= 4 is 17.4 Å². The quantitative estimate of drug-likeness (QED) is 0.614. The van der Waals surface area contributed by atoms with Gasteiger partial charge in [0.1, 0.15) is 5.82 Å². The van der Waals surface area contributed by atoms with E-state index in [1.54, 1.807) is 23.9 Å². The van der Waals surface area contributed by atoms with Crippen molar-refractivity contribution in [2.45, 2.75) is 18.7 Å². The summed E-state index contributed by atoms with van der Waals surface area (Å²) in [5, 5.41) is 0. The van der Waals surface area contributed by atoms with Gasteiger partial charge in [0.05, 0.1) is 0 Å². The predicted molar refractivity (Wildman–Crippen MR) is 69.3 cm³/mol. The monoisotopic (exact) mass is 242 g/mol. The number of hydrogen-bond donors (Lipinski definition) is 1. The van der Waals surface area contributed by atoms with Crippen LogP contribution in [-0.4, -0.2) is 30.3 Å². The van der Waals surface area contributed by atoms with E-state index in [1.807, 2.05) is 0 Å². The number of nitrogens with two attached hydrogens (primary N) is 1. The largest absolute Gasteiger partial charge is 0.399 e. The standard InChI is InChI=1S/C12H19FN2S/c1-3-15(4-2)7-8-16-12-6-5-10(14)9-11(12)13/h5-6,9H,3-4,7-8,14H2,1-2H3. The molecule has 0 fully saturated rings. The Morgan fingerprint density at radius 2 is 2.00 bits per heavy atom. The van der Waals surface area contributed by atoms with Gasteiger partial charge in [-0.2, -0.15) is 0 Å². The highest BCUT2D eigenvalue weighted by atomic mass is 32.2. The third-order valence-corrected chi connectivity index (χ3v) is 3.54. The molecule has 0 saturated heterocycles. The van der Waals surface area contributed by atoms with Crippen molar-refractivity contribution in [1.29, 1.82) is 0 Å². The Morgan fingerprint density at radius 1 is 1.31 bits per heavy atom. The Bertz CT molecular complexity index is 327. The van der Waals surface area contributed by atoms with Crippen LogP contribution in [-0.2, 0) is 0 Å². The molecule has 0 atom stereocenters. The number of hydrogen-bond acceptors (Lipinski definition) is 3. The Kier molecular flexibility index (Phi) is 5.63. The number of rotatable bonds is 6. The van der Waals surface area contributed by atoms with E-state index in [1.165, 1.54) is 6.07 Å². The zero-order chi connectivity index (χ0) is 12.0. The summed E-state index contributed by atoms with van der Waals surface area (Å²) < 4.78 is 13.4. The number of thioether (sulfide) groups is 1. The molecule has 0 unspecified atom stereocenters. The summed E-state index contributed by atoms with van der Waals surface area (Å²) in [6.45, 7) is 7.35. The lowest BCUT2D eigenvalue weighted by atomic mass is 10.3. The highest BCUT2D eigenvalue weighted by Gasteiger charge is 2.04. The fourth-order valence-electron chi connectivity index (χ4n) is 1.46. The van der Waals surface area contributed by atoms with Crippen molar-refractivity contribution in [3.8, 4) is 0 Å². The molecule has 2 nitrogen and oxygen atoms in total. The first-order valence-corrected chi connectivity index (χ1v) is 6.56. The van der Waals surface area contributed by atoms with Crippen molar-refractivity contribution in [2.75, 3.05) is 31.1 Å². The Labute approximate surface area is 101 Å². The van der Waals surface area contributed by atoms with Crippen molar-refractivity contribution in [2.24, 2.45) is 0 Å². The van der Waals surface area contributed by atoms with Crippen LogP contribution in [0.25, 0.3) is 0 Å². The van der Waals surface area contributed by atoms with Gasteiger partial charge in [0.2, 0.25) is 0 Å². The molecule has 0 aromatic heterocycles. The fraction of sp³-hybridized carbons (Fsp3) is 0.500. The van der Waals surface area contributed by atoms with Crippen molar-refractivity contribution in [1.82, 2.24) is 4.90 Å². The summed E-state index contributed by atoms with van der Waals surface area (Å²) in [5.74, 6) is 0.687. The third-order valence-electron chi connectivity index (χ3n) is 2.52. The van der Waals surface area contributed by atoms with Crippen LogP contribution in [0.1, 0.15) is 13.8 Å². The molecule has 0 bridgehead atoms. The molecular formula is C12H19FN2S. The molecule has 2 N–H and O–H groups in total. The lowest BCUT2D eigenvalue weighted by Gasteiger charge is -2.17. The van der Waals surface area contributed by atoms with Crippen LogP contribution >= 0.6 is 11.8 Å². The molecule has 0 saturated carbocycles. The molecular weight excluding hydrogens is 223 g/mol. The van der Waals surface area contributed by atoms with Gasteiger partial charge in [-0.05, 0) is 31.3 Å². The third kappa shape index (κ3) is 4.02. The SMILES string of the molecule is CCN(CC)CCSc1ccc(N)cc1F. The van der Waals surface area contributed by atoms with Gasteiger partial charge in [-0.15, -0.1) is 11.8 Å². The number of halogens is 1. The molecule has 90 valence electrons. The molecule has 0 aliphatic rings. The summed E-state index contributed by atoms with van der Waals surface area (Å²) in [7, 11) is 0. The number of anilines is 1. The summed E-state index contributed by atoms with van der Waals surface area (Å²) in [4.78, 5) is 3.00. The van der Waals surface area contributed by atoms with Gasteiger partial charge in [-0.25, -0.2) is 4.39 Å². The highest BCUT2D eigenvalue weighted by Crippen LogP contribution is 2.23. The lowest BCUT2D eigenvalue weighted by Crippen LogP contribution is -2.25. The van der Waals surface area contributed by atoms with E-state index < -0.39 is 0 Å². The van der Waals surface area contributed by atoms with Crippen molar-refractivity contribution < 1.29 is 4.39 Å². The second-order valence-corrected chi connectivity index (χ2v) is 4.70. The second kappa shape index (κ2) is 6.76. The molecule has 1 rings (SSSR count). The normalized spacial score (nSPS) is 11.0. The van der Waals surface area contributed by atoms with E-state index in [9.17, 15) is 4.39 Å². The van der Waals surface area contributed by atoms with Gasteiger partial charge in [-0.3, -0.25) is 0 Å². The smallest absolute Gasteiger partial charge is 0.138 e. The molecule has 0 aliphatic heterocycles. The van der Waals surface area contributed by atoms with Gasteiger partial charge in [0.15, 0.2) is 0 Å². The van der Waals surface area contributed by atoms with E-state index in [2.05, 4.69) is 18.7 Å². The first kappa shape index (κ1) is 13.3. The topological polar surface area (TPSA) is 29.3 Å². The van der Waals surface area contributed by atoms with E-state index >= 15 is 0 Å². The number of nitrogens with zero attached hydrogens (tertiary/aromatic N) is 1. The molecule has 0 radical (unpaired) electrons. The van der Waals surface area contributed by atoms with Crippen molar-refractivity contribution in [3.05, 3.63) is 24.0 Å². The first-order chi connectivity index (χ1) is 7.67. The molecule has 4 heteroatoms. The van der Waals surface area contributed by atoms with Gasteiger partial charge in [0.25, 0.3) is 0 Å². The Balaban J connectivity index is 2.42. The minimum absolute atomic E-state index is 0.218. The average molecular weight is 242 g/mol. The predicted octanol–water partition coefficient (Wildman–Crippen LogP) is 2.84. The maximum absolute atomic E-state index is 13.4. The molecule has 0 spiro atoms. The van der Waals surface area contributed by atoms with E-state index in [4.69, 9.17) is 5.73 Å². The summed E-state index contributed by atoms with van der Waals surface area (Å²) >= 11 is 1.54. The highest BCUT2D eigenvalue weighted by molar-refractivity contribution is 7.99. The zero-order valence-electron chi connectivity index (χ0n) is 9.87. The zero-order valence-corrected chi connectivity index (χ0v) is 10.7. The van der Waals surface area contributed by atoms with E-state index in [0.717, 1.165) is 25.4 Å². The Hall–Kier alpha value is -0.740. The number of nitrogen functional groups attached to an aromatic ring is 1. The van der Waals surface area contributed by atoms with Crippen molar-refractivity contribution in [3.63, 3.8) is 0 Å². The summed E-state index contributed by atoms with van der Waals surface area (Å²) in [6.07, 6.45) is 0. The minimum atomic E-state index is -0.218. The van der Waals surface area contributed by atoms with Gasteiger partial charge in [0, 0.05) is 22.9 Å². The number of benzene rings is 1. The van der Waals surface area contributed by atoms with Crippen LogP contribution in [0.5, 0.6) is 0 Å². The van der Waals surface area contributed by atoms with Crippen LogP contribution < -0.4 is 5.73 Å². The maximum Gasteiger partial charge on any atom is 0.138 e. The molecule has 0 aliphatic carbocycles. The minimum Gasteiger partial charge on any atom is -0.399 e. The van der Waals surface area contributed by atoms with E-state index in [-0.39, 0.29) is 5.82 Å². The molecule has 0 amide bonds. The van der Waals surface area contributed by atoms with Crippen LogP contribution in [0.2, 0.25) is 0 Å². The average Bonchev–Trinajstić information content (AvgIpc) is 2.27. The van der Waals surface area contributed by atoms with Crippen LogP contribution in [0, 0.1) is 5.82 Å². The van der Waals surface area contributed by atoms with E-state index in [0.29, 0.717) is 10.6 Å². The van der Waals surface area contributed by atoms with Crippen LogP contribution in [0.4, 0.5) is 10.1 Å². The van der Waals surface area contributed by atoms with Gasteiger partial charge in [-0.1, -0.05) is 13.8 Å². The maximum atomic E-state index is 13.4. The Morgan fingerprint density at radius 3 is 2.56 bits per heavy atom. The van der Waals surface area contributed by atoms with Crippen LogP contribution in [0.15, 0.2) is 23.1 Å². The van der Waals surface area contributed by atoms with Gasteiger partial charge < -0.3 is 10.6 Å².